The van der Waals surface area contributed by atoms with Crippen molar-refractivity contribution in [3.05, 3.63) is 11.6 Å². The van der Waals surface area contributed by atoms with Crippen LogP contribution in [0.2, 0.25) is 0 Å². The van der Waals surface area contributed by atoms with E-state index in [-0.39, 0.29) is 51.5 Å². The molecule has 5 aliphatic rings. The number of fused-ring (bicyclic) bond motifs is 7. The van der Waals surface area contributed by atoms with Crippen LogP contribution in [0, 0.1) is 56.7 Å². The molecule has 0 aromatic heterocycles. The highest BCUT2D eigenvalue weighted by atomic mass is 35.5. The molecule has 58 heavy (non-hydrogen) atoms. The van der Waals surface area contributed by atoms with Crippen LogP contribution in [0.25, 0.3) is 0 Å². The summed E-state index contributed by atoms with van der Waals surface area (Å²) in [5.74, 6) is -2.67. The lowest BCUT2D eigenvalue weighted by atomic mass is 9.33. The molecule has 0 radical (unpaired) electrons. The summed E-state index contributed by atoms with van der Waals surface area (Å²) in [4.78, 5) is 60.6. The minimum atomic E-state index is -1.85. The Hall–Kier alpha value is -1.17. The first kappa shape index (κ1) is 47.9. The summed E-state index contributed by atoms with van der Waals surface area (Å²) in [6, 6.07) is 0. The minimum absolute atomic E-state index is 0.0166. The van der Waals surface area contributed by atoms with Crippen molar-refractivity contribution in [1.82, 2.24) is 5.32 Å². The Morgan fingerprint density at radius 3 is 1.78 bits per heavy atom. The SMILES string of the molecule is CC(=O)O[C@H]1CC[C@]2(C)[C@H]3CC=C4[C@@H]5[C@@H](C)[C@H](C)CC[C@]5(C(=O)NC(COC(=O)C(Cl)Cl)(COC(=O)C(Cl)Cl)COC(=O)C(Cl)Cl)CC[C@@]4(C)[C@]3(C)CC[C@H]2C1(C)C. The summed E-state index contributed by atoms with van der Waals surface area (Å²) in [5, 5.41) is 3.06. The number of rotatable bonds is 12. The molecule has 0 aromatic carbocycles. The van der Waals surface area contributed by atoms with Crippen LogP contribution in [0.4, 0.5) is 0 Å². The van der Waals surface area contributed by atoms with Crippen LogP contribution < -0.4 is 5.32 Å². The van der Waals surface area contributed by atoms with Gasteiger partial charge in [-0.3, -0.25) is 9.59 Å². The molecule has 0 heterocycles. The van der Waals surface area contributed by atoms with Crippen LogP contribution >= 0.6 is 69.6 Å². The highest BCUT2D eigenvalue weighted by Crippen LogP contribution is 2.76. The minimum Gasteiger partial charge on any atom is -0.462 e. The number of carbonyl (C=O) groups is 5. The molecule has 4 saturated carbocycles. The molecular weight excluding hydrogens is 875 g/mol. The van der Waals surface area contributed by atoms with Gasteiger partial charge in [0.1, 0.15) is 31.5 Å². The van der Waals surface area contributed by atoms with Crippen LogP contribution in [0.1, 0.15) is 113 Å². The van der Waals surface area contributed by atoms with Gasteiger partial charge in [0.05, 0.1) is 5.41 Å². The number of ether oxygens (including phenoxy) is 4. The van der Waals surface area contributed by atoms with E-state index in [1.807, 2.05) is 0 Å². The van der Waals surface area contributed by atoms with Crippen molar-refractivity contribution < 1.29 is 42.9 Å². The highest BCUT2D eigenvalue weighted by Gasteiger charge is 2.70. The fourth-order valence-electron chi connectivity index (χ4n) is 12.7. The molecule has 5 aliphatic carbocycles. The lowest BCUT2D eigenvalue weighted by Crippen LogP contribution is -2.68. The molecule has 0 bridgehead atoms. The zero-order valence-corrected chi connectivity index (χ0v) is 39.2. The molecule has 16 heteroatoms. The number of hydrogen-bond donors (Lipinski definition) is 1. The summed E-state index contributed by atoms with van der Waals surface area (Å²) in [6.45, 7) is 15.9. The van der Waals surface area contributed by atoms with Crippen molar-refractivity contribution in [2.75, 3.05) is 19.8 Å². The average molecular weight is 935 g/mol. The fourth-order valence-corrected chi connectivity index (χ4v) is 13.1. The molecule has 0 unspecified atom stereocenters. The maximum Gasteiger partial charge on any atom is 0.339 e. The van der Waals surface area contributed by atoms with Gasteiger partial charge in [-0.05, 0) is 104 Å². The Balaban J connectivity index is 1.55. The van der Waals surface area contributed by atoms with Gasteiger partial charge in [-0.25, -0.2) is 14.4 Å². The van der Waals surface area contributed by atoms with Gasteiger partial charge >= 0.3 is 23.9 Å². The standard InChI is InChI=1S/C42H59Cl6NO9/c1-22-11-16-42(36(54)49-41(19-55-33(51)30(43)44,20-56-34(52)31(45)46)21-57-35(53)32(47)48)18-17-39(7)25(29(42)23(22)2)9-10-27-38(6)14-13-28(58-24(3)50)37(4,5)26(38)12-15-40(27,39)8/h9,22-23,26-32H,10-21H2,1-8H3,(H,49,54)/t22-,23+,26+,27-,28+,29+,38+,39-,40-,42+/m1/s1. The first-order chi connectivity index (χ1) is 26.8. The number of hydrogen-bond acceptors (Lipinski definition) is 9. The molecule has 0 aromatic rings. The van der Waals surface area contributed by atoms with Gasteiger partial charge in [0.2, 0.25) is 20.4 Å². The van der Waals surface area contributed by atoms with E-state index in [4.69, 9.17) is 88.6 Å². The van der Waals surface area contributed by atoms with Crippen molar-refractivity contribution in [2.45, 2.75) is 139 Å². The second-order valence-corrected chi connectivity index (χ2v) is 22.5. The summed E-state index contributed by atoms with van der Waals surface area (Å²) >= 11 is 34.8. The molecule has 0 spiro atoms. The smallest absolute Gasteiger partial charge is 0.339 e. The maximum absolute atomic E-state index is 15.4. The average Bonchev–Trinajstić information content (AvgIpc) is 3.14. The first-order valence-electron chi connectivity index (χ1n) is 20.4. The molecule has 1 N–H and O–H groups in total. The topological polar surface area (TPSA) is 134 Å². The zero-order chi connectivity index (χ0) is 43.4. The molecule has 5 rings (SSSR count). The van der Waals surface area contributed by atoms with Crippen LogP contribution in [0.5, 0.6) is 0 Å². The lowest BCUT2D eigenvalue weighted by Gasteiger charge is -2.71. The molecule has 328 valence electrons. The van der Waals surface area contributed by atoms with Crippen molar-refractivity contribution in [2.24, 2.45) is 56.7 Å². The summed E-state index contributed by atoms with van der Waals surface area (Å²) in [7, 11) is 0. The first-order valence-corrected chi connectivity index (χ1v) is 23.0. The third-order valence-electron chi connectivity index (χ3n) is 16.1. The number of amides is 1. The number of alkyl halides is 6. The monoisotopic (exact) mass is 931 g/mol. The van der Waals surface area contributed by atoms with Crippen LogP contribution in [0.15, 0.2) is 11.6 Å². The van der Waals surface area contributed by atoms with Gasteiger partial charge < -0.3 is 24.3 Å². The van der Waals surface area contributed by atoms with E-state index in [9.17, 15) is 19.2 Å². The van der Waals surface area contributed by atoms with E-state index in [1.54, 1.807) is 0 Å². The summed E-state index contributed by atoms with van der Waals surface area (Å²) < 4.78 is 22.2. The van der Waals surface area contributed by atoms with Crippen molar-refractivity contribution in [3.8, 4) is 0 Å². The van der Waals surface area contributed by atoms with Crippen molar-refractivity contribution >= 4 is 99.4 Å². The highest BCUT2D eigenvalue weighted by molar-refractivity contribution is 6.53. The van der Waals surface area contributed by atoms with E-state index in [0.29, 0.717) is 30.6 Å². The third-order valence-corrected chi connectivity index (χ3v) is 17.1. The Bertz CT molecular complexity index is 1600. The van der Waals surface area contributed by atoms with E-state index in [0.717, 1.165) is 44.9 Å². The van der Waals surface area contributed by atoms with Gasteiger partial charge in [-0.15, -0.1) is 0 Å². The number of halogens is 6. The largest absolute Gasteiger partial charge is 0.462 e. The summed E-state index contributed by atoms with van der Waals surface area (Å²) in [6.07, 6.45) is 9.71. The predicted molar refractivity (Wildman–Crippen MR) is 225 cm³/mol. The van der Waals surface area contributed by atoms with E-state index in [2.05, 4.69) is 59.9 Å². The second kappa shape index (κ2) is 17.5. The normalized spacial score (nSPS) is 36.7. The van der Waals surface area contributed by atoms with Gasteiger partial charge in [0.25, 0.3) is 0 Å². The molecular formula is C42H59Cl6NO9. The number of nitrogens with one attached hydrogen (secondary N) is 1. The lowest BCUT2D eigenvalue weighted by molar-refractivity contribution is -0.213. The van der Waals surface area contributed by atoms with Crippen molar-refractivity contribution in [1.29, 1.82) is 0 Å². The van der Waals surface area contributed by atoms with Crippen molar-refractivity contribution in [3.63, 3.8) is 0 Å². The fraction of sp³-hybridized carbons (Fsp3) is 0.833. The second-order valence-electron chi connectivity index (χ2n) is 19.2. The van der Waals surface area contributed by atoms with Crippen LogP contribution in [-0.2, 0) is 42.9 Å². The predicted octanol–water partition coefficient (Wildman–Crippen LogP) is 9.47. The Morgan fingerprint density at radius 2 is 1.28 bits per heavy atom. The molecule has 0 saturated heterocycles. The van der Waals surface area contributed by atoms with Gasteiger partial charge in [0.15, 0.2) is 0 Å². The molecule has 1 amide bonds. The van der Waals surface area contributed by atoms with E-state index >= 15 is 4.79 Å². The number of carbonyl (C=O) groups excluding carboxylic acids is 5. The third kappa shape index (κ3) is 8.49. The Morgan fingerprint density at radius 1 is 0.741 bits per heavy atom. The molecule has 10 atom stereocenters. The van der Waals surface area contributed by atoms with Crippen LogP contribution in [-0.4, -0.2) is 75.8 Å². The van der Waals surface area contributed by atoms with E-state index < -0.39 is 63.2 Å². The Kier molecular flexibility index (Phi) is 14.5. The molecule has 10 nitrogen and oxygen atoms in total. The Labute approximate surface area is 373 Å². The van der Waals surface area contributed by atoms with E-state index in [1.165, 1.54) is 12.5 Å². The zero-order valence-electron chi connectivity index (χ0n) is 34.7. The molecule has 0 aliphatic heterocycles. The van der Waals surface area contributed by atoms with Gasteiger partial charge in [-0.2, -0.15) is 0 Å². The van der Waals surface area contributed by atoms with Gasteiger partial charge in [0, 0.05) is 12.3 Å². The molecule has 4 fully saturated rings. The quantitative estimate of drug-likeness (QED) is 0.0880. The summed E-state index contributed by atoms with van der Waals surface area (Å²) in [5.41, 5.74) is -1.92. The maximum atomic E-state index is 15.4. The van der Waals surface area contributed by atoms with Crippen LogP contribution in [0.3, 0.4) is 0 Å². The van der Waals surface area contributed by atoms with Gasteiger partial charge in [-0.1, -0.05) is 130 Å². The number of esters is 4. The number of allylic oxidation sites excluding steroid dienone is 2.